The molecular weight excluding hydrogens is 162 g/mol. The van der Waals surface area contributed by atoms with Crippen molar-refractivity contribution in [3.63, 3.8) is 0 Å². The second-order valence-electron chi connectivity index (χ2n) is 1.97. The van der Waals surface area contributed by atoms with E-state index >= 15 is 0 Å². The Morgan fingerprint density at radius 2 is 2.00 bits per heavy atom. The van der Waals surface area contributed by atoms with Gasteiger partial charge in [-0.2, -0.15) is 0 Å². The fraction of sp³-hybridized carbons (Fsp3) is 1.00. The van der Waals surface area contributed by atoms with Crippen LogP contribution in [0, 0.1) is 0 Å². The monoisotopic (exact) mass is 178 g/mol. The summed E-state index contributed by atoms with van der Waals surface area (Å²) in [4.78, 5) is 0. The van der Waals surface area contributed by atoms with Gasteiger partial charge in [0.1, 0.15) is 0 Å². The lowest BCUT2D eigenvalue weighted by molar-refractivity contribution is 0.329. The molecule has 0 atom stereocenters. The number of hydrogen-bond donors (Lipinski definition) is 0. The highest BCUT2D eigenvalue weighted by Crippen LogP contribution is 2.02. The minimum absolute atomic E-state index is 0. The van der Waals surface area contributed by atoms with Crippen LogP contribution in [0.5, 0.6) is 0 Å². The van der Waals surface area contributed by atoms with Crippen LogP contribution < -0.4 is 0 Å². The highest BCUT2D eigenvalue weighted by molar-refractivity contribution is 7.17. The number of unbranched alkanes of at least 4 members (excludes halogenated alkanes) is 3. The molecule has 0 heterocycles. The van der Waals surface area contributed by atoms with Crippen LogP contribution in [0.4, 0.5) is 0 Å². The number of rotatable bonds is 6. The third-order valence-electron chi connectivity index (χ3n) is 1.14. The average Bonchev–Trinajstić information content (AvgIpc) is 1.89. The van der Waals surface area contributed by atoms with Gasteiger partial charge in [-0.3, -0.25) is 4.52 Å². The zero-order valence-electron chi connectivity index (χ0n) is 5.80. The Balaban J connectivity index is 0. The summed E-state index contributed by atoms with van der Waals surface area (Å²) in [6.45, 7) is 2.79. The SMILES string of the molecule is CCCCCCOP=O.[AlH3]. The smallest absolute Gasteiger partial charge is 0.294 e. The summed E-state index contributed by atoms with van der Waals surface area (Å²) in [7, 11) is -0.185. The predicted molar refractivity (Wildman–Crippen MR) is 47.6 cm³/mol. The van der Waals surface area contributed by atoms with Gasteiger partial charge in [0.25, 0.3) is 0 Å². The minimum atomic E-state index is -0.185. The first-order chi connectivity index (χ1) is 4.41. The van der Waals surface area contributed by atoms with E-state index in [2.05, 4.69) is 11.4 Å². The zero-order valence-corrected chi connectivity index (χ0v) is 6.69. The Hall–Kier alpha value is 0.592. The Morgan fingerprint density at radius 3 is 2.50 bits per heavy atom. The van der Waals surface area contributed by atoms with E-state index in [9.17, 15) is 4.57 Å². The van der Waals surface area contributed by atoms with Gasteiger partial charge in [-0.25, -0.2) is 4.57 Å². The highest BCUT2D eigenvalue weighted by Gasteiger charge is 1.86. The van der Waals surface area contributed by atoms with Gasteiger partial charge in [-0.05, 0) is 6.42 Å². The zero-order chi connectivity index (χ0) is 6.95. The molecule has 0 saturated carbocycles. The molecule has 0 aromatic carbocycles. The normalized spacial score (nSPS) is 9.30. The molecule has 0 N–H and O–H groups in total. The average molecular weight is 178 g/mol. The van der Waals surface area contributed by atoms with Crippen LogP contribution in [0.2, 0.25) is 0 Å². The van der Waals surface area contributed by atoms with Gasteiger partial charge in [0.05, 0.1) is 6.61 Å². The lowest BCUT2D eigenvalue weighted by Gasteiger charge is -1.93. The van der Waals surface area contributed by atoms with E-state index in [1.54, 1.807) is 0 Å². The lowest BCUT2D eigenvalue weighted by Crippen LogP contribution is -1.83. The molecule has 0 unspecified atom stereocenters. The first kappa shape index (κ1) is 13.2. The molecule has 0 bridgehead atoms. The van der Waals surface area contributed by atoms with Crippen molar-refractivity contribution in [2.75, 3.05) is 6.61 Å². The molecule has 0 fully saturated rings. The van der Waals surface area contributed by atoms with Gasteiger partial charge in [-0.1, -0.05) is 26.2 Å². The molecule has 0 aromatic heterocycles. The summed E-state index contributed by atoms with van der Waals surface area (Å²) in [5.41, 5.74) is 0. The topological polar surface area (TPSA) is 26.3 Å². The molecule has 0 rings (SSSR count). The maximum atomic E-state index is 9.71. The van der Waals surface area contributed by atoms with E-state index in [0.29, 0.717) is 6.61 Å². The summed E-state index contributed by atoms with van der Waals surface area (Å²) in [6.07, 6.45) is 4.70. The van der Waals surface area contributed by atoms with Crippen molar-refractivity contribution in [3.05, 3.63) is 0 Å². The molecule has 4 heteroatoms. The first-order valence-corrected chi connectivity index (χ1v) is 4.09. The van der Waals surface area contributed by atoms with Crippen molar-refractivity contribution in [2.45, 2.75) is 32.6 Å². The maximum Gasteiger partial charge on any atom is 0.327 e. The Kier molecular flexibility index (Phi) is 16.2. The largest absolute Gasteiger partial charge is 0.327 e. The van der Waals surface area contributed by atoms with Gasteiger partial charge in [0, 0.05) is 0 Å². The first-order valence-electron chi connectivity index (χ1n) is 3.36. The van der Waals surface area contributed by atoms with Gasteiger partial charge < -0.3 is 0 Å². The standard InChI is InChI=1S/C6H13O2P.Al.3H/c1-2-3-4-5-6-8-9-7;;;;/h2-6H2,1H3;;;;. The maximum absolute atomic E-state index is 9.71. The van der Waals surface area contributed by atoms with E-state index < -0.39 is 0 Å². The van der Waals surface area contributed by atoms with Crippen LogP contribution in [0.1, 0.15) is 32.6 Å². The summed E-state index contributed by atoms with van der Waals surface area (Å²) in [5, 5.41) is 0. The van der Waals surface area contributed by atoms with Crippen molar-refractivity contribution < 1.29 is 9.09 Å². The molecule has 0 radical (unpaired) electrons. The Morgan fingerprint density at radius 1 is 1.30 bits per heavy atom. The molecular formula is C6H16AlO2P. The number of hydrogen-bond acceptors (Lipinski definition) is 2. The fourth-order valence-corrected chi connectivity index (χ4v) is 0.834. The molecule has 60 valence electrons. The quantitative estimate of drug-likeness (QED) is 0.351. The lowest BCUT2D eigenvalue weighted by atomic mass is 10.2. The van der Waals surface area contributed by atoms with E-state index in [1.807, 2.05) is 0 Å². The van der Waals surface area contributed by atoms with Crippen molar-refractivity contribution in [1.82, 2.24) is 0 Å². The molecule has 2 nitrogen and oxygen atoms in total. The molecule has 0 spiro atoms. The molecule has 0 aliphatic carbocycles. The molecule has 0 saturated heterocycles. The van der Waals surface area contributed by atoms with Gasteiger partial charge in [-0.15, -0.1) is 0 Å². The van der Waals surface area contributed by atoms with Gasteiger partial charge in [0.2, 0.25) is 0 Å². The predicted octanol–water partition coefficient (Wildman–Crippen LogP) is 1.61. The molecule has 0 aliphatic rings. The second kappa shape index (κ2) is 12.3. The summed E-state index contributed by atoms with van der Waals surface area (Å²) < 4.78 is 14.3. The molecule has 0 amide bonds. The van der Waals surface area contributed by atoms with E-state index in [-0.39, 0.29) is 26.0 Å². The minimum Gasteiger partial charge on any atom is -0.294 e. The molecule has 0 aliphatic heterocycles. The third kappa shape index (κ3) is 11.4. The van der Waals surface area contributed by atoms with Crippen molar-refractivity contribution >= 4 is 26.0 Å². The van der Waals surface area contributed by atoms with Crippen LogP contribution >= 0.6 is 8.69 Å². The molecule has 0 aromatic rings. The van der Waals surface area contributed by atoms with Crippen LogP contribution in [-0.2, 0) is 9.09 Å². The summed E-state index contributed by atoms with van der Waals surface area (Å²) >= 11 is 0. The van der Waals surface area contributed by atoms with Crippen LogP contribution in [0.3, 0.4) is 0 Å². The van der Waals surface area contributed by atoms with Crippen LogP contribution in [0.15, 0.2) is 0 Å². The molecule has 10 heavy (non-hydrogen) atoms. The van der Waals surface area contributed by atoms with Crippen molar-refractivity contribution in [2.24, 2.45) is 0 Å². The van der Waals surface area contributed by atoms with Gasteiger partial charge >= 0.3 is 8.69 Å². The highest BCUT2D eigenvalue weighted by atomic mass is 31.1. The Bertz CT molecular complexity index is 70.8. The summed E-state index contributed by atoms with van der Waals surface area (Å²) in [5.74, 6) is 0. The van der Waals surface area contributed by atoms with E-state index in [1.165, 1.54) is 19.3 Å². The van der Waals surface area contributed by atoms with E-state index in [4.69, 9.17) is 0 Å². The third-order valence-corrected chi connectivity index (χ3v) is 1.43. The summed E-state index contributed by atoms with van der Waals surface area (Å²) in [6, 6.07) is 0. The van der Waals surface area contributed by atoms with Crippen LogP contribution in [-0.4, -0.2) is 24.0 Å². The fourth-order valence-electron chi connectivity index (χ4n) is 0.631. The van der Waals surface area contributed by atoms with Gasteiger partial charge in [0.15, 0.2) is 17.4 Å². The Labute approximate surface area is 74.8 Å². The van der Waals surface area contributed by atoms with Crippen LogP contribution in [0.25, 0.3) is 0 Å². The van der Waals surface area contributed by atoms with Crippen molar-refractivity contribution in [1.29, 1.82) is 0 Å². The second-order valence-corrected chi connectivity index (χ2v) is 2.38. The van der Waals surface area contributed by atoms with E-state index in [0.717, 1.165) is 6.42 Å². The van der Waals surface area contributed by atoms with Crippen molar-refractivity contribution in [3.8, 4) is 0 Å².